The number of benzene rings is 2. The minimum Gasteiger partial charge on any atom is -0.477 e. The quantitative estimate of drug-likeness (QED) is 0.0585. The smallest absolute Gasteiger partial charge is 0.342 e. The van der Waals surface area contributed by atoms with Crippen molar-refractivity contribution in [1.82, 2.24) is 0 Å². The van der Waals surface area contributed by atoms with E-state index in [1.54, 1.807) is 33.7 Å². The summed E-state index contributed by atoms with van der Waals surface area (Å²) in [6.07, 6.45) is 11.7. The van der Waals surface area contributed by atoms with Gasteiger partial charge in [-0.05, 0) is 37.1 Å². The van der Waals surface area contributed by atoms with Crippen LogP contribution in [-0.4, -0.2) is 43.5 Å². The second kappa shape index (κ2) is 18.8. The zero-order valence-corrected chi connectivity index (χ0v) is 25.1. The van der Waals surface area contributed by atoms with E-state index in [1.807, 2.05) is 0 Å². The van der Waals surface area contributed by atoms with Crippen LogP contribution < -0.4 is 0 Å². The zero-order chi connectivity index (χ0) is 29.3. The molecular formula is C26H32N2O8S4. The summed E-state index contributed by atoms with van der Waals surface area (Å²) in [6, 6.07) is 8.37. The lowest BCUT2D eigenvalue weighted by Crippen LogP contribution is -2.02. The van der Waals surface area contributed by atoms with E-state index in [1.165, 1.54) is 84.4 Å². The van der Waals surface area contributed by atoms with Crippen LogP contribution in [0.25, 0.3) is 0 Å². The monoisotopic (exact) mass is 628 g/mol. The van der Waals surface area contributed by atoms with E-state index in [-0.39, 0.29) is 11.1 Å². The molecule has 0 bridgehead atoms. The van der Waals surface area contributed by atoms with Gasteiger partial charge in [-0.1, -0.05) is 94.5 Å². The van der Waals surface area contributed by atoms with Crippen LogP contribution in [0.2, 0.25) is 0 Å². The van der Waals surface area contributed by atoms with Crippen molar-refractivity contribution in [3.05, 3.63) is 67.8 Å². The summed E-state index contributed by atoms with van der Waals surface area (Å²) in [7, 11) is 6.14. The van der Waals surface area contributed by atoms with Crippen LogP contribution in [0.3, 0.4) is 0 Å². The summed E-state index contributed by atoms with van der Waals surface area (Å²) in [4.78, 5) is 44.4. The molecule has 218 valence electrons. The first-order valence-electron chi connectivity index (χ1n) is 12.8. The molecule has 0 amide bonds. The largest absolute Gasteiger partial charge is 0.477 e. The molecule has 0 heterocycles. The van der Waals surface area contributed by atoms with Crippen molar-refractivity contribution in [2.45, 2.75) is 74.0 Å². The topological polar surface area (TPSA) is 161 Å². The molecule has 2 N–H and O–H groups in total. The molecule has 40 heavy (non-hydrogen) atoms. The number of unbranched alkanes of at least 4 members (excludes halogenated alkanes) is 9. The van der Waals surface area contributed by atoms with Gasteiger partial charge in [-0.2, -0.15) is 0 Å². The second-order valence-electron chi connectivity index (χ2n) is 8.83. The first-order valence-corrected chi connectivity index (χ1v) is 17.5. The predicted molar refractivity (Wildman–Crippen MR) is 163 cm³/mol. The summed E-state index contributed by atoms with van der Waals surface area (Å²) in [6.45, 7) is 0. The highest BCUT2D eigenvalue weighted by atomic mass is 33.1. The highest BCUT2D eigenvalue weighted by Gasteiger charge is 2.21. The van der Waals surface area contributed by atoms with E-state index in [2.05, 4.69) is 0 Å². The molecule has 2 aromatic rings. The van der Waals surface area contributed by atoms with Crippen LogP contribution in [0.15, 0.2) is 46.2 Å². The molecule has 0 radical (unpaired) electrons. The molecule has 0 spiro atoms. The second-order valence-corrected chi connectivity index (χ2v) is 13.8. The maximum absolute atomic E-state index is 11.2. The van der Waals surface area contributed by atoms with Gasteiger partial charge in [0.2, 0.25) is 0 Å². The number of carboxylic acid groups (broad SMARTS) is 2. The summed E-state index contributed by atoms with van der Waals surface area (Å²) in [5, 5.41) is 40.2. The van der Waals surface area contributed by atoms with Gasteiger partial charge in [-0.15, -0.1) is 0 Å². The van der Waals surface area contributed by atoms with Crippen LogP contribution in [0.1, 0.15) is 84.9 Å². The molecule has 2 rings (SSSR count). The first-order chi connectivity index (χ1) is 19.2. The minimum absolute atomic E-state index is 0.286. The van der Waals surface area contributed by atoms with Crippen LogP contribution in [-0.2, 0) is 0 Å². The lowest BCUT2D eigenvalue weighted by atomic mass is 10.1. The Morgan fingerprint density at radius 1 is 0.600 bits per heavy atom. The van der Waals surface area contributed by atoms with Gasteiger partial charge in [-0.25, -0.2) is 9.59 Å². The fourth-order valence-electron chi connectivity index (χ4n) is 3.75. The number of hydrogen-bond donors (Lipinski definition) is 2. The molecule has 0 aliphatic rings. The average molecular weight is 629 g/mol. The van der Waals surface area contributed by atoms with E-state index in [4.69, 9.17) is 10.2 Å². The SMILES string of the molecule is O=C(O)c1cc(SSCCCCCCCCCCCCSSc2ccc([N+](=O)[O-])c(C(=O)O)c2)ccc1[N+](=O)[O-]. The Labute approximate surface area is 248 Å². The number of hydrogen-bond acceptors (Lipinski definition) is 10. The minimum atomic E-state index is -1.30. The molecule has 0 unspecified atom stereocenters. The Morgan fingerprint density at radius 3 is 1.23 bits per heavy atom. The van der Waals surface area contributed by atoms with Crippen molar-refractivity contribution in [2.24, 2.45) is 0 Å². The molecule has 0 atom stereocenters. The van der Waals surface area contributed by atoms with Gasteiger partial charge >= 0.3 is 11.9 Å². The number of rotatable bonds is 21. The first kappa shape index (κ1) is 33.8. The molecule has 2 aromatic carbocycles. The fourth-order valence-corrected chi connectivity index (χ4v) is 8.06. The third-order valence-electron chi connectivity index (χ3n) is 5.81. The third kappa shape index (κ3) is 12.4. The van der Waals surface area contributed by atoms with Crippen LogP contribution in [0.5, 0.6) is 0 Å². The number of nitro groups is 2. The molecule has 0 saturated heterocycles. The maximum Gasteiger partial charge on any atom is 0.342 e. The van der Waals surface area contributed by atoms with E-state index >= 15 is 0 Å². The molecule has 0 aromatic heterocycles. The Hall–Kier alpha value is -2.42. The number of nitro benzene ring substituents is 2. The van der Waals surface area contributed by atoms with Crippen LogP contribution in [0, 0.1) is 20.2 Å². The summed E-state index contributed by atoms with van der Waals surface area (Å²) >= 11 is 0. The lowest BCUT2D eigenvalue weighted by Gasteiger charge is -2.05. The van der Waals surface area contributed by atoms with E-state index in [9.17, 15) is 29.8 Å². The molecule has 14 heteroatoms. The van der Waals surface area contributed by atoms with Crippen molar-refractivity contribution in [3.8, 4) is 0 Å². The van der Waals surface area contributed by atoms with Crippen LogP contribution >= 0.6 is 43.2 Å². The maximum atomic E-state index is 11.2. The average Bonchev–Trinajstić information content (AvgIpc) is 2.92. The lowest BCUT2D eigenvalue weighted by molar-refractivity contribution is -0.385. The normalized spacial score (nSPS) is 10.9. The summed E-state index contributed by atoms with van der Waals surface area (Å²) < 4.78 is 0. The molecule has 0 saturated carbocycles. The van der Waals surface area contributed by atoms with Gasteiger partial charge in [0.25, 0.3) is 11.4 Å². The summed E-state index contributed by atoms with van der Waals surface area (Å²) in [5.74, 6) is -0.725. The molecule has 0 aliphatic heterocycles. The Morgan fingerprint density at radius 2 is 0.925 bits per heavy atom. The highest BCUT2D eigenvalue weighted by Crippen LogP contribution is 2.35. The fraction of sp³-hybridized carbons (Fsp3) is 0.462. The van der Waals surface area contributed by atoms with Crippen molar-refractivity contribution in [3.63, 3.8) is 0 Å². The summed E-state index contributed by atoms with van der Waals surface area (Å²) in [5.41, 5.74) is -1.36. The molecule has 10 nitrogen and oxygen atoms in total. The zero-order valence-electron chi connectivity index (χ0n) is 21.8. The van der Waals surface area contributed by atoms with Gasteiger partial charge in [-0.3, -0.25) is 20.2 Å². The van der Waals surface area contributed by atoms with E-state index < -0.39 is 33.2 Å². The molecular weight excluding hydrogens is 597 g/mol. The van der Waals surface area contributed by atoms with Crippen molar-refractivity contribution >= 4 is 66.5 Å². The predicted octanol–water partition coefficient (Wildman–Crippen LogP) is 8.98. The highest BCUT2D eigenvalue weighted by molar-refractivity contribution is 8.77. The Balaban J connectivity index is 1.43. The number of nitrogens with zero attached hydrogens (tertiary/aromatic N) is 2. The standard InChI is InChI=1S/C26H32N2O8S4/c29-25(30)21-17-19(11-13-23(21)27(33)34)39-37-15-9-7-5-3-1-2-4-6-8-10-16-38-40-20-12-14-24(28(35)36)22(18-20)26(31)32/h11-14,17-18H,1-10,15-16H2,(H,29,30)(H,31,32). The third-order valence-corrected chi connectivity index (χ3v) is 10.7. The van der Waals surface area contributed by atoms with Gasteiger partial charge in [0.05, 0.1) is 9.85 Å². The van der Waals surface area contributed by atoms with E-state index in [0.29, 0.717) is 9.79 Å². The molecule has 0 aliphatic carbocycles. The van der Waals surface area contributed by atoms with Crippen molar-refractivity contribution in [2.75, 3.05) is 11.5 Å². The Bertz CT molecular complexity index is 1080. The van der Waals surface area contributed by atoms with Gasteiger partial charge in [0.1, 0.15) is 11.1 Å². The Kier molecular flexibility index (Phi) is 15.9. The van der Waals surface area contributed by atoms with Gasteiger partial charge in [0, 0.05) is 33.4 Å². The van der Waals surface area contributed by atoms with E-state index in [0.717, 1.165) is 37.2 Å². The van der Waals surface area contributed by atoms with Gasteiger partial charge in [0.15, 0.2) is 0 Å². The van der Waals surface area contributed by atoms with Gasteiger partial charge < -0.3 is 10.2 Å². The van der Waals surface area contributed by atoms with Crippen molar-refractivity contribution in [1.29, 1.82) is 0 Å². The number of aromatic carboxylic acids is 2. The number of carboxylic acids is 2. The number of carbonyl (C=O) groups is 2. The molecule has 0 fully saturated rings. The van der Waals surface area contributed by atoms with Crippen LogP contribution in [0.4, 0.5) is 11.4 Å². The van der Waals surface area contributed by atoms with Crippen molar-refractivity contribution < 1.29 is 29.6 Å².